The van der Waals surface area contributed by atoms with Gasteiger partial charge in [-0.25, -0.2) is 4.98 Å². The predicted molar refractivity (Wildman–Crippen MR) is 79.8 cm³/mol. The number of imidazole rings is 1. The van der Waals surface area contributed by atoms with Crippen molar-refractivity contribution in [2.75, 3.05) is 13.1 Å². The first-order valence-electron chi connectivity index (χ1n) is 7.41. The normalized spacial score (nSPS) is 16.1. The molecule has 3 heterocycles. The highest BCUT2D eigenvalue weighted by Gasteiger charge is 2.23. The first kappa shape index (κ1) is 13.8. The molecule has 2 aromatic heterocycles. The van der Waals surface area contributed by atoms with Crippen molar-refractivity contribution in [2.45, 2.75) is 26.3 Å². The van der Waals surface area contributed by atoms with Crippen LogP contribution in [0, 0.1) is 12.8 Å². The fourth-order valence-electron chi connectivity index (χ4n) is 2.87. The van der Waals surface area contributed by atoms with Crippen molar-refractivity contribution in [3.8, 4) is 0 Å². The number of hydrogen-bond donors (Lipinski definition) is 0. The number of likely N-dealkylation sites (tertiary alicyclic amines) is 1. The highest BCUT2D eigenvalue weighted by Crippen LogP contribution is 2.21. The number of piperidine rings is 1. The fourth-order valence-corrected chi connectivity index (χ4v) is 2.87. The summed E-state index contributed by atoms with van der Waals surface area (Å²) in [7, 11) is 0. The molecule has 110 valence electrons. The molecule has 2 aromatic rings. The van der Waals surface area contributed by atoms with Crippen molar-refractivity contribution in [1.82, 2.24) is 19.4 Å². The molecule has 0 atom stereocenters. The van der Waals surface area contributed by atoms with Crippen LogP contribution in [0.1, 0.15) is 29.0 Å². The van der Waals surface area contributed by atoms with Crippen molar-refractivity contribution in [2.24, 2.45) is 5.92 Å². The smallest absolute Gasteiger partial charge is 0.253 e. The highest BCUT2D eigenvalue weighted by atomic mass is 16.2. The average Bonchev–Trinajstić information content (AvgIpc) is 2.93. The molecule has 3 rings (SSSR count). The molecule has 1 aliphatic rings. The molecule has 21 heavy (non-hydrogen) atoms. The van der Waals surface area contributed by atoms with Crippen LogP contribution in [0.2, 0.25) is 0 Å². The van der Waals surface area contributed by atoms with Gasteiger partial charge in [0.2, 0.25) is 0 Å². The van der Waals surface area contributed by atoms with Gasteiger partial charge in [-0.05, 0) is 37.8 Å². The van der Waals surface area contributed by atoms with Crippen LogP contribution in [0.3, 0.4) is 0 Å². The summed E-state index contributed by atoms with van der Waals surface area (Å²) in [5.41, 5.74) is 0.730. The van der Waals surface area contributed by atoms with Gasteiger partial charge in [0.1, 0.15) is 5.82 Å². The molecule has 0 saturated carbocycles. The van der Waals surface area contributed by atoms with E-state index in [0.29, 0.717) is 5.92 Å². The van der Waals surface area contributed by atoms with Gasteiger partial charge >= 0.3 is 0 Å². The molecule has 0 spiro atoms. The Morgan fingerprint density at radius 2 is 1.95 bits per heavy atom. The van der Waals surface area contributed by atoms with E-state index in [1.807, 2.05) is 24.2 Å². The summed E-state index contributed by atoms with van der Waals surface area (Å²) in [6, 6.07) is 3.56. The number of carbonyl (C=O) groups excluding carboxylic acids is 1. The maximum atomic E-state index is 12.4. The van der Waals surface area contributed by atoms with Crippen LogP contribution in [0.15, 0.2) is 36.9 Å². The Hall–Kier alpha value is -2.17. The molecule has 1 fully saturated rings. The minimum absolute atomic E-state index is 0.120. The van der Waals surface area contributed by atoms with Crippen molar-refractivity contribution in [3.63, 3.8) is 0 Å². The number of hydrogen-bond acceptors (Lipinski definition) is 3. The zero-order chi connectivity index (χ0) is 14.7. The molecule has 0 N–H and O–H groups in total. The minimum atomic E-state index is 0.120. The van der Waals surface area contributed by atoms with Gasteiger partial charge in [-0.1, -0.05) is 0 Å². The van der Waals surface area contributed by atoms with Crippen LogP contribution in [0.4, 0.5) is 0 Å². The Bertz CT molecular complexity index is 600. The largest absolute Gasteiger partial charge is 0.339 e. The number of rotatable bonds is 3. The lowest BCUT2D eigenvalue weighted by molar-refractivity contribution is 0.0682. The van der Waals surface area contributed by atoms with E-state index >= 15 is 0 Å². The predicted octanol–water partition coefficient (Wildman–Crippen LogP) is 2.14. The molecular weight excluding hydrogens is 264 g/mol. The molecular formula is C16H20N4O. The summed E-state index contributed by atoms with van der Waals surface area (Å²) in [5, 5.41) is 0. The Kier molecular flexibility index (Phi) is 3.99. The molecule has 1 amide bonds. The van der Waals surface area contributed by atoms with Crippen LogP contribution in [0.5, 0.6) is 0 Å². The van der Waals surface area contributed by atoms with Gasteiger partial charge in [0.05, 0.1) is 0 Å². The Morgan fingerprint density at radius 3 is 2.57 bits per heavy atom. The molecule has 0 radical (unpaired) electrons. The number of carbonyl (C=O) groups is 1. The summed E-state index contributed by atoms with van der Waals surface area (Å²) in [6.07, 6.45) is 9.31. The molecule has 0 unspecified atom stereocenters. The highest BCUT2D eigenvalue weighted by molar-refractivity contribution is 5.94. The van der Waals surface area contributed by atoms with Crippen LogP contribution in [0.25, 0.3) is 0 Å². The van der Waals surface area contributed by atoms with Crippen molar-refractivity contribution in [1.29, 1.82) is 0 Å². The summed E-state index contributed by atoms with van der Waals surface area (Å²) >= 11 is 0. The summed E-state index contributed by atoms with van der Waals surface area (Å²) < 4.78 is 2.20. The van der Waals surface area contributed by atoms with E-state index in [9.17, 15) is 4.79 Å². The molecule has 0 bridgehead atoms. The topological polar surface area (TPSA) is 51.0 Å². The zero-order valence-corrected chi connectivity index (χ0v) is 12.3. The van der Waals surface area contributed by atoms with Crippen LogP contribution >= 0.6 is 0 Å². The lowest BCUT2D eigenvalue weighted by atomic mass is 9.96. The molecule has 0 aromatic carbocycles. The molecule has 1 aliphatic heterocycles. The third kappa shape index (κ3) is 3.12. The van der Waals surface area contributed by atoms with Gasteiger partial charge in [-0.2, -0.15) is 0 Å². The lowest BCUT2D eigenvalue weighted by Gasteiger charge is -2.32. The second-order valence-corrected chi connectivity index (χ2v) is 5.60. The van der Waals surface area contributed by atoms with Gasteiger partial charge in [0, 0.05) is 50.0 Å². The van der Waals surface area contributed by atoms with E-state index in [1.165, 1.54) is 0 Å². The van der Waals surface area contributed by atoms with Crippen molar-refractivity contribution >= 4 is 5.91 Å². The fraction of sp³-hybridized carbons (Fsp3) is 0.438. The number of aryl methyl sites for hydroxylation is 1. The number of amides is 1. The Balaban J connectivity index is 1.56. The Morgan fingerprint density at radius 1 is 1.24 bits per heavy atom. The standard InChI is InChI=1S/C16H20N4O/c1-13-18-8-11-20(13)12-14-4-9-19(10-5-14)16(21)15-2-6-17-7-3-15/h2-3,6-8,11,14H,4-5,9-10,12H2,1H3. The van der Waals surface area contributed by atoms with E-state index in [4.69, 9.17) is 0 Å². The van der Waals surface area contributed by atoms with Crippen molar-refractivity contribution < 1.29 is 4.79 Å². The minimum Gasteiger partial charge on any atom is -0.339 e. The van der Waals surface area contributed by atoms with E-state index in [2.05, 4.69) is 14.5 Å². The maximum Gasteiger partial charge on any atom is 0.253 e. The zero-order valence-electron chi connectivity index (χ0n) is 12.3. The summed E-state index contributed by atoms with van der Waals surface area (Å²) in [4.78, 5) is 22.5. The first-order chi connectivity index (χ1) is 10.2. The molecule has 1 saturated heterocycles. The van der Waals surface area contributed by atoms with Gasteiger partial charge in [-0.15, -0.1) is 0 Å². The van der Waals surface area contributed by atoms with E-state index in [-0.39, 0.29) is 5.91 Å². The van der Waals surface area contributed by atoms with E-state index in [1.54, 1.807) is 24.5 Å². The van der Waals surface area contributed by atoms with Crippen LogP contribution < -0.4 is 0 Å². The van der Waals surface area contributed by atoms with E-state index < -0.39 is 0 Å². The number of nitrogens with zero attached hydrogens (tertiary/aromatic N) is 4. The van der Waals surface area contributed by atoms with Crippen molar-refractivity contribution in [3.05, 3.63) is 48.3 Å². The third-order valence-corrected chi connectivity index (χ3v) is 4.21. The SMILES string of the molecule is Cc1nccn1CC1CCN(C(=O)c2ccncc2)CC1. The molecule has 0 aliphatic carbocycles. The summed E-state index contributed by atoms with van der Waals surface area (Å²) in [5.74, 6) is 1.80. The van der Waals surface area contributed by atoms with Crippen LogP contribution in [-0.4, -0.2) is 38.4 Å². The molecule has 5 heteroatoms. The van der Waals surface area contributed by atoms with Gasteiger partial charge in [-0.3, -0.25) is 9.78 Å². The number of aromatic nitrogens is 3. The second-order valence-electron chi connectivity index (χ2n) is 5.60. The van der Waals surface area contributed by atoms with E-state index in [0.717, 1.165) is 43.9 Å². The van der Waals surface area contributed by atoms with Gasteiger partial charge < -0.3 is 9.47 Å². The first-order valence-corrected chi connectivity index (χ1v) is 7.41. The van der Waals surface area contributed by atoms with Crippen LogP contribution in [-0.2, 0) is 6.54 Å². The average molecular weight is 284 g/mol. The molecule has 5 nitrogen and oxygen atoms in total. The third-order valence-electron chi connectivity index (χ3n) is 4.21. The monoisotopic (exact) mass is 284 g/mol. The quantitative estimate of drug-likeness (QED) is 0.867. The Labute approximate surface area is 124 Å². The van der Waals surface area contributed by atoms with Gasteiger partial charge in [0.25, 0.3) is 5.91 Å². The number of pyridine rings is 1. The maximum absolute atomic E-state index is 12.4. The summed E-state index contributed by atoms with van der Waals surface area (Å²) in [6.45, 7) is 4.70. The lowest BCUT2D eigenvalue weighted by Crippen LogP contribution is -2.39. The van der Waals surface area contributed by atoms with Gasteiger partial charge in [0.15, 0.2) is 0 Å². The second kappa shape index (κ2) is 6.08.